The molecule has 1 aromatic rings. The zero-order valence-corrected chi connectivity index (χ0v) is 8.91. The van der Waals surface area contributed by atoms with E-state index in [-0.39, 0.29) is 5.91 Å². The second-order valence-electron chi connectivity index (χ2n) is 3.04. The summed E-state index contributed by atoms with van der Waals surface area (Å²) in [6, 6.07) is 1.97. The number of carbonyl (C=O) groups excluding carboxylic acids is 1. The fourth-order valence-corrected chi connectivity index (χ4v) is 1.91. The summed E-state index contributed by atoms with van der Waals surface area (Å²) < 4.78 is 0. The first kappa shape index (κ1) is 10.3. The molecule has 0 spiro atoms. The van der Waals surface area contributed by atoms with E-state index in [1.165, 1.54) is 11.3 Å². The van der Waals surface area contributed by atoms with Crippen LogP contribution >= 0.6 is 11.3 Å². The van der Waals surface area contributed by atoms with Crippen LogP contribution in [0.25, 0.3) is 0 Å². The lowest BCUT2D eigenvalue weighted by Crippen LogP contribution is -2.23. The molecule has 3 heteroatoms. The highest BCUT2D eigenvalue weighted by Crippen LogP contribution is 2.14. The van der Waals surface area contributed by atoms with E-state index in [4.69, 9.17) is 0 Å². The number of amides is 1. The molecule has 0 aliphatic heterocycles. The van der Waals surface area contributed by atoms with Gasteiger partial charge in [0.1, 0.15) is 0 Å². The minimum absolute atomic E-state index is 0.0703. The van der Waals surface area contributed by atoms with Crippen LogP contribution in [0, 0.1) is 6.92 Å². The molecule has 1 N–H and O–H groups in total. The molecule has 0 bridgehead atoms. The lowest BCUT2D eigenvalue weighted by atomic mass is 10.3. The second-order valence-corrected chi connectivity index (χ2v) is 3.96. The number of carbonyl (C=O) groups is 1. The Balaban J connectivity index is 2.45. The summed E-state index contributed by atoms with van der Waals surface area (Å²) in [6.07, 6.45) is 2.17. The Labute approximate surface area is 83.0 Å². The van der Waals surface area contributed by atoms with E-state index in [0.29, 0.717) is 0 Å². The van der Waals surface area contributed by atoms with Gasteiger partial charge in [-0.15, -0.1) is 11.3 Å². The number of thiophene rings is 1. The number of hydrogen-bond donors (Lipinski definition) is 1. The summed E-state index contributed by atoms with van der Waals surface area (Å²) >= 11 is 1.50. The van der Waals surface area contributed by atoms with Crippen molar-refractivity contribution in [2.24, 2.45) is 0 Å². The van der Waals surface area contributed by atoms with E-state index in [2.05, 4.69) is 12.2 Å². The van der Waals surface area contributed by atoms with Crippen molar-refractivity contribution in [3.05, 3.63) is 21.9 Å². The smallest absolute Gasteiger partial charge is 0.261 e. The highest BCUT2D eigenvalue weighted by Gasteiger charge is 2.08. The Morgan fingerprint density at radius 1 is 1.62 bits per heavy atom. The molecule has 0 aliphatic rings. The average Bonchev–Trinajstić information content (AvgIpc) is 2.52. The van der Waals surface area contributed by atoms with Gasteiger partial charge in [0.15, 0.2) is 0 Å². The summed E-state index contributed by atoms with van der Waals surface area (Å²) in [4.78, 5) is 12.3. The SMILES string of the molecule is CCCCNC(=O)c1sccc1C. The van der Waals surface area contributed by atoms with E-state index < -0.39 is 0 Å². The largest absolute Gasteiger partial charge is 0.351 e. The minimum Gasteiger partial charge on any atom is -0.351 e. The lowest BCUT2D eigenvalue weighted by Gasteiger charge is -2.02. The monoisotopic (exact) mass is 197 g/mol. The van der Waals surface area contributed by atoms with Gasteiger partial charge in [0.05, 0.1) is 4.88 Å². The van der Waals surface area contributed by atoms with Crippen LogP contribution in [0.1, 0.15) is 35.0 Å². The summed E-state index contributed by atoms with van der Waals surface area (Å²) in [5.41, 5.74) is 1.07. The maximum absolute atomic E-state index is 11.5. The van der Waals surface area contributed by atoms with Gasteiger partial charge in [0.25, 0.3) is 5.91 Å². The number of hydrogen-bond acceptors (Lipinski definition) is 2. The molecule has 0 radical (unpaired) electrons. The molecule has 0 saturated heterocycles. The average molecular weight is 197 g/mol. The minimum atomic E-state index is 0.0703. The Kier molecular flexibility index (Phi) is 3.96. The van der Waals surface area contributed by atoms with E-state index >= 15 is 0 Å². The van der Waals surface area contributed by atoms with Crippen molar-refractivity contribution < 1.29 is 4.79 Å². The molecular formula is C10H15NOS. The van der Waals surface area contributed by atoms with Gasteiger partial charge in [-0.25, -0.2) is 0 Å². The Morgan fingerprint density at radius 3 is 2.92 bits per heavy atom. The third-order valence-electron chi connectivity index (χ3n) is 1.88. The predicted molar refractivity (Wildman–Crippen MR) is 56.3 cm³/mol. The standard InChI is InChI=1S/C10H15NOS/c1-3-4-6-11-10(12)9-8(2)5-7-13-9/h5,7H,3-4,6H2,1-2H3,(H,11,12). The highest BCUT2D eigenvalue weighted by atomic mass is 32.1. The van der Waals surface area contributed by atoms with Crippen LogP contribution in [0.2, 0.25) is 0 Å². The van der Waals surface area contributed by atoms with Gasteiger partial charge in [-0.3, -0.25) is 4.79 Å². The molecule has 0 atom stereocenters. The Morgan fingerprint density at radius 2 is 2.38 bits per heavy atom. The summed E-state index contributed by atoms with van der Waals surface area (Å²) in [5, 5.41) is 4.85. The molecule has 72 valence electrons. The maximum atomic E-state index is 11.5. The normalized spacial score (nSPS) is 10.0. The molecule has 0 unspecified atom stereocenters. The van der Waals surface area contributed by atoms with Crippen molar-refractivity contribution in [2.45, 2.75) is 26.7 Å². The second kappa shape index (κ2) is 5.02. The highest BCUT2D eigenvalue weighted by molar-refractivity contribution is 7.12. The zero-order chi connectivity index (χ0) is 9.68. The van der Waals surface area contributed by atoms with E-state index in [1.807, 2.05) is 18.4 Å². The van der Waals surface area contributed by atoms with Crippen molar-refractivity contribution >= 4 is 17.2 Å². The summed E-state index contributed by atoms with van der Waals surface area (Å²) in [5.74, 6) is 0.0703. The van der Waals surface area contributed by atoms with Crippen LogP contribution in [0.3, 0.4) is 0 Å². The maximum Gasteiger partial charge on any atom is 0.261 e. The van der Waals surface area contributed by atoms with Gasteiger partial charge in [-0.2, -0.15) is 0 Å². The molecule has 0 fully saturated rings. The zero-order valence-electron chi connectivity index (χ0n) is 8.09. The Hall–Kier alpha value is -0.830. The van der Waals surface area contributed by atoms with Crippen molar-refractivity contribution in [3.63, 3.8) is 0 Å². The van der Waals surface area contributed by atoms with Gasteiger partial charge in [-0.1, -0.05) is 13.3 Å². The Bertz CT molecular complexity index is 280. The molecular weight excluding hydrogens is 182 g/mol. The molecule has 2 nitrogen and oxygen atoms in total. The number of aryl methyl sites for hydroxylation is 1. The van der Waals surface area contributed by atoms with Crippen LogP contribution in [-0.4, -0.2) is 12.5 Å². The van der Waals surface area contributed by atoms with E-state index in [1.54, 1.807) is 0 Å². The van der Waals surface area contributed by atoms with Crippen LogP contribution < -0.4 is 5.32 Å². The molecule has 0 aromatic carbocycles. The van der Waals surface area contributed by atoms with Crippen molar-refractivity contribution in [3.8, 4) is 0 Å². The van der Waals surface area contributed by atoms with Crippen molar-refractivity contribution in [1.29, 1.82) is 0 Å². The molecule has 0 aliphatic carbocycles. The fourth-order valence-electron chi connectivity index (χ4n) is 1.06. The van der Waals surface area contributed by atoms with Gasteiger partial charge >= 0.3 is 0 Å². The molecule has 0 saturated carbocycles. The van der Waals surface area contributed by atoms with Crippen molar-refractivity contribution in [1.82, 2.24) is 5.32 Å². The van der Waals surface area contributed by atoms with Crippen molar-refractivity contribution in [2.75, 3.05) is 6.54 Å². The van der Waals surface area contributed by atoms with Gasteiger partial charge in [-0.05, 0) is 30.4 Å². The molecule has 1 aromatic heterocycles. The van der Waals surface area contributed by atoms with Crippen LogP contribution in [0.15, 0.2) is 11.4 Å². The third-order valence-corrected chi connectivity index (χ3v) is 2.90. The fraction of sp³-hybridized carbons (Fsp3) is 0.500. The predicted octanol–water partition coefficient (Wildman–Crippen LogP) is 2.59. The number of rotatable bonds is 4. The molecule has 13 heavy (non-hydrogen) atoms. The van der Waals surface area contributed by atoms with E-state index in [9.17, 15) is 4.79 Å². The molecule has 1 heterocycles. The topological polar surface area (TPSA) is 29.1 Å². The third kappa shape index (κ3) is 2.84. The van der Waals surface area contributed by atoms with Gasteiger partial charge in [0, 0.05) is 6.54 Å². The van der Waals surface area contributed by atoms with Crippen LogP contribution in [-0.2, 0) is 0 Å². The van der Waals surface area contributed by atoms with Gasteiger partial charge < -0.3 is 5.32 Å². The quantitative estimate of drug-likeness (QED) is 0.738. The first-order valence-corrected chi connectivity index (χ1v) is 5.46. The number of unbranched alkanes of at least 4 members (excludes halogenated alkanes) is 1. The van der Waals surface area contributed by atoms with Crippen LogP contribution in [0.5, 0.6) is 0 Å². The first-order valence-electron chi connectivity index (χ1n) is 4.58. The van der Waals surface area contributed by atoms with Crippen LogP contribution in [0.4, 0.5) is 0 Å². The molecule has 1 rings (SSSR count). The first-order chi connectivity index (χ1) is 6.25. The summed E-state index contributed by atoms with van der Waals surface area (Å²) in [6.45, 7) is 4.86. The number of nitrogens with one attached hydrogen (secondary N) is 1. The summed E-state index contributed by atoms with van der Waals surface area (Å²) in [7, 11) is 0. The molecule has 1 amide bonds. The lowest BCUT2D eigenvalue weighted by molar-refractivity contribution is 0.0956. The van der Waals surface area contributed by atoms with Gasteiger partial charge in [0.2, 0.25) is 0 Å². The van der Waals surface area contributed by atoms with E-state index in [0.717, 1.165) is 29.8 Å².